The highest BCUT2D eigenvalue weighted by Crippen LogP contribution is 2.27. The summed E-state index contributed by atoms with van der Waals surface area (Å²) >= 11 is 0. The van der Waals surface area contributed by atoms with Gasteiger partial charge in [-0.3, -0.25) is 40.1 Å². The fourth-order valence-corrected chi connectivity index (χ4v) is 7.35. The Morgan fingerprint density at radius 1 is 0.493 bits per heavy atom. The van der Waals surface area contributed by atoms with Gasteiger partial charge in [-0.1, -0.05) is 60.7 Å². The molecule has 2 saturated heterocycles. The number of non-ortho nitro benzene ring substituents is 3. The first kappa shape index (κ1) is 55.0. The number of nitrogens with zero attached hydrogens (tertiary/aromatic N) is 6. The molecule has 0 radical (unpaired) electrons. The van der Waals surface area contributed by atoms with Gasteiger partial charge >= 0.3 is 0 Å². The number of nitrogen functional groups attached to an aromatic ring is 2. The fourth-order valence-electron chi connectivity index (χ4n) is 7.35. The smallest absolute Gasteiger partial charge is 0.269 e. The fraction of sp³-hybridized carbons (Fsp3) is 0.412. The highest BCUT2D eigenvalue weighted by molar-refractivity contribution is 5.41. The summed E-state index contributed by atoms with van der Waals surface area (Å²) in [5, 5.41) is 34.2. The summed E-state index contributed by atoms with van der Waals surface area (Å²) in [5.74, 6) is 0. The average molecular weight is 921 g/mol. The van der Waals surface area contributed by atoms with Crippen molar-refractivity contribution in [3.05, 3.63) is 179 Å². The van der Waals surface area contributed by atoms with Crippen LogP contribution >= 0.6 is 0 Å². The molecule has 0 amide bonds. The van der Waals surface area contributed by atoms with E-state index in [2.05, 4.69) is 79.1 Å². The second kappa shape index (κ2) is 28.0. The van der Waals surface area contributed by atoms with Crippen LogP contribution in [0, 0.1) is 30.3 Å². The van der Waals surface area contributed by atoms with Crippen LogP contribution in [0.2, 0.25) is 0 Å². The molecular formula is C51H72N10O6. The first-order valence-electron chi connectivity index (χ1n) is 22.8. The molecule has 5 atom stereocenters. The summed E-state index contributed by atoms with van der Waals surface area (Å²) in [6.07, 6.45) is 5.22. The van der Waals surface area contributed by atoms with Gasteiger partial charge in [0.2, 0.25) is 0 Å². The standard InChI is InChI=1S/C12H16N2O2.C12H18N2.C10H16N2.C9H12N2O2.C8H10N2O2/c1-10(13-8-2-3-9-13)11-4-6-12(7-5-11)14(15)16;1-10(14-8-2-3-9-14)11-4-6-12(13)7-5-11;1-8(12(2)3)9-4-6-10(11)7-5-9;1-7(10-2)8-3-5-9(6-4-8)11(12)13;1-6(9)7-2-4-8(5-3-7)10(11)12/h4-7,10H,2-3,8-9H2,1H3;4-7,10H,2-3,8-9,13H2,1H3;4-8H,11H2,1-3H3;3-7,10H,1-2H3;2-6H,9H2,1H3/t2*10-;8-;7-;6-/m00000/s1. The molecule has 16 heteroatoms. The minimum Gasteiger partial charge on any atom is -0.399 e. The largest absolute Gasteiger partial charge is 0.399 e. The molecule has 2 aliphatic heterocycles. The lowest BCUT2D eigenvalue weighted by atomic mass is 10.1. The molecular weight excluding hydrogens is 849 g/mol. The first-order chi connectivity index (χ1) is 31.8. The topological polar surface area (TPSA) is 229 Å². The Kier molecular flexibility index (Phi) is 23.0. The summed E-state index contributed by atoms with van der Waals surface area (Å²) in [7, 11) is 5.99. The third-order valence-electron chi connectivity index (χ3n) is 12.2. The minimum atomic E-state index is -0.426. The minimum absolute atomic E-state index is 0.0780. The molecule has 16 nitrogen and oxygen atoms in total. The van der Waals surface area contributed by atoms with E-state index in [0.29, 0.717) is 18.1 Å². The Hall–Kier alpha value is -6.30. The number of nitrogens with two attached hydrogens (primary N) is 3. The molecule has 5 aromatic rings. The molecule has 0 bridgehead atoms. The molecule has 7 rings (SSSR count). The van der Waals surface area contributed by atoms with E-state index >= 15 is 0 Å². The Balaban J connectivity index is 0.000000223. The Bertz CT molecular complexity index is 2210. The number of nitro benzene ring substituents is 3. The third-order valence-corrected chi connectivity index (χ3v) is 12.2. The van der Waals surface area contributed by atoms with Crippen molar-refractivity contribution >= 4 is 28.4 Å². The summed E-state index contributed by atoms with van der Waals surface area (Å²) in [6, 6.07) is 37.5. The molecule has 0 aromatic heterocycles. The van der Waals surface area contributed by atoms with Crippen molar-refractivity contribution in [2.45, 2.75) is 90.5 Å². The van der Waals surface area contributed by atoms with Crippen LogP contribution in [0.1, 0.15) is 118 Å². The van der Waals surface area contributed by atoms with Gasteiger partial charge in [0.15, 0.2) is 0 Å². The third kappa shape index (κ3) is 18.5. The Morgan fingerprint density at radius 3 is 1.06 bits per heavy atom. The van der Waals surface area contributed by atoms with Gasteiger partial charge in [0.1, 0.15) is 0 Å². The first-order valence-corrected chi connectivity index (χ1v) is 22.8. The van der Waals surface area contributed by atoms with E-state index in [1.54, 1.807) is 36.4 Å². The molecule has 0 saturated carbocycles. The zero-order chi connectivity index (χ0) is 49.6. The Morgan fingerprint density at radius 2 is 0.776 bits per heavy atom. The lowest BCUT2D eigenvalue weighted by Gasteiger charge is -2.24. The van der Waals surface area contributed by atoms with E-state index in [1.165, 1.54) is 74.2 Å². The van der Waals surface area contributed by atoms with E-state index < -0.39 is 9.85 Å². The van der Waals surface area contributed by atoms with Crippen molar-refractivity contribution in [1.82, 2.24) is 20.0 Å². The van der Waals surface area contributed by atoms with E-state index in [-0.39, 0.29) is 34.1 Å². The van der Waals surface area contributed by atoms with Crippen LogP contribution in [0.4, 0.5) is 28.4 Å². The highest BCUT2D eigenvalue weighted by Gasteiger charge is 2.21. The monoisotopic (exact) mass is 921 g/mol. The van der Waals surface area contributed by atoms with E-state index in [1.807, 2.05) is 57.3 Å². The van der Waals surface area contributed by atoms with Crippen LogP contribution in [-0.2, 0) is 0 Å². The second-order valence-corrected chi connectivity index (χ2v) is 17.2. The van der Waals surface area contributed by atoms with Crippen molar-refractivity contribution in [3.63, 3.8) is 0 Å². The van der Waals surface area contributed by atoms with Gasteiger partial charge in [-0.2, -0.15) is 0 Å². The maximum absolute atomic E-state index is 10.5. The van der Waals surface area contributed by atoms with Gasteiger partial charge in [-0.05, 0) is 160 Å². The van der Waals surface area contributed by atoms with Crippen LogP contribution < -0.4 is 22.5 Å². The van der Waals surface area contributed by atoms with Crippen LogP contribution in [0.5, 0.6) is 0 Å². The van der Waals surface area contributed by atoms with Crippen molar-refractivity contribution in [2.24, 2.45) is 5.73 Å². The predicted octanol–water partition coefficient (Wildman–Crippen LogP) is 10.6. The summed E-state index contributed by atoms with van der Waals surface area (Å²) in [5.41, 5.74) is 24.7. The van der Waals surface area contributed by atoms with Crippen molar-refractivity contribution in [1.29, 1.82) is 0 Å². The lowest BCUT2D eigenvalue weighted by molar-refractivity contribution is -0.385. The van der Waals surface area contributed by atoms with Gasteiger partial charge in [-0.25, -0.2) is 0 Å². The lowest BCUT2D eigenvalue weighted by Crippen LogP contribution is -2.23. The normalized spacial score (nSPS) is 15.6. The van der Waals surface area contributed by atoms with Crippen molar-refractivity contribution in [3.8, 4) is 0 Å². The van der Waals surface area contributed by atoms with Crippen LogP contribution in [0.15, 0.2) is 121 Å². The van der Waals surface area contributed by atoms with Gasteiger partial charge in [0.05, 0.1) is 14.8 Å². The Labute approximate surface area is 396 Å². The summed E-state index contributed by atoms with van der Waals surface area (Å²) in [4.78, 5) is 37.1. The summed E-state index contributed by atoms with van der Waals surface area (Å²) in [6.45, 7) is 15.2. The molecule has 7 N–H and O–H groups in total. The molecule has 2 aliphatic rings. The summed E-state index contributed by atoms with van der Waals surface area (Å²) < 4.78 is 0. The number of likely N-dealkylation sites (tertiary alicyclic amines) is 2. The van der Waals surface area contributed by atoms with Crippen LogP contribution in [0.25, 0.3) is 0 Å². The van der Waals surface area contributed by atoms with Crippen molar-refractivity contribution < 1.29 is 14.8 Å². The van der Waals surface area contributed by atoms with E-state index in [4.69, 9.17) is 17.2 Å². The molecule has 2 heterocycles. The molecule has 5 aromatic carbocycles. The van der Waals surface area contributed by atoms with Crippen LogP contribution in [-0.4, -0.2) is 76.8 Å². The molecule has 362 valence electrons. The quantitative estimate of drug-likeness (QED) is 0.0519. The SMILES string of the molecule is CN[C@@H](C)c1ccc([N+](=O)[O-])cc1.C[C@@H](c1ccc(N)cc1)N(C)C.C[C@@H](c1ccc(N)cc1)N1CCCC1.C[C@@H](c1ccc([N+](=O)[O-])cc1)N1CCCC1.C[C@H](N)c1ccc([N+](=O)[O-])cc1. The molecule has 67 heavy (non-hydrogen) atoms. The number of nitrogens with one attached hydrogen (secondary N) is 1. The molecule has 2 fully saturated rings. The van der Waals surface area contributed by atoms with Gasteiger partial charge in [0, 0.05) is 78.0 Å². The van der Waals surface area contributed by atoms with Gasteiger partial charge in [-0.15, -0.1) is 0 Å². The molecule has 0 spiro atoms. The van der Waals surface area contributed by atoms with Crippen molar-refractivity contribution in [2.75, 3.05) is 58.8 Å². The maximum atomic E-state index is 10.5. The number of hydrogen-bond acceptors (Lipinski definition) is 13. The van der Waals surface area contributed by atoms with Gasteiger partial charge in [0.25, 0.3) is 17.1 Å². The number of nitro groups is 3. The molecule has 0 aliphatic carbocycles. The van der Waals surface area contributed by atoms with E-state index in [9.17, 15) is 30.3 Å². The van der Waals surface area contributed by atoms with E-state index in [0.717, 1.165) is 41.2 Å². The highest BCUT2D eigenvalue weighted by atomic mass is 16.6. The number of anilines is 2. The number of rotatable bonds is 12. The molecule has 0 unspecified atom stereocenters. The number of benzene rings is 5. The maximum Gasteiger partial charge on any atom is 0.269 e. The predicted molar refractivity (Wildman–Crippen MR) is 272 cm³/mol. The average Bonchev–Trinajstić information content (AvgIpc) is 4.09. The second-order valence-electron chi connectivity index (χ2n) is 17.2. The van der Waals surface area contributed by atoms with Gasteiger partial charge < -0.3 is 27.4 Å². The number of hydrogen-bond donors (Lipinski definition) is 4. The van der Waals surface area contributed by atoms with Crippen LogP contribution in [0.3, 0.4) is 0 Å². The zero-order valence-corrected chi connectivity index (χ0v) is 40.5. The zero-order valence-electron chi connectivity index (χ0n) is 40.5.